The maximum absolute atomic E-state index is 11.3. The second kappa shape index (κ2) is 15.9. The summed E-state index contributed by atoms with van der Waals surface area (Å²) in [6.45, 7) is 3.82. The maximum atomic E-state index is 11.3. The molecular formula is C21H44NO2+. The topological polar surface area (TPSA) is 26.3 Å². The SMILES string of the molecule is CCCCCCCCCCCCCCCC[N+](C)(C)CC(=O)OC. The van der Waals surface area contributed by atoms with Gasteiger partial charge in [-0.3, -0.25) is 0 Å². The summed E-state index contributed by atoms with van der Waals surface area (Å²) >= 11 is 0. The van der Waals surface area contributed by atoms with Crippen LogP contribution in [-0.2, 0) is 9.53 Å². The van der Waals surface area contributed by atoms with E-state index in [4.69, 9.17) is 4.74 Å². The molecular weight excluding hydrogens is 298 g/mol. The molecule has 0 rings (SSSR count). The Bertz CT molecular complexity index is 290. The first kappa shape index (κ1) is 23.4. The van der Waals surface area contributed by atoms with E-state index >= 15 is 0 Å². The zero-order valence-electron chi connectivity index (χ0n) is 17.1. The van der Waals surface area contributed by atoms with Crippen LogP contribution >= 0.6 is 0 Å². The van der Waals surface area contributed by atoms with Gasteiger partial charge in [-0.1, -0.05) is 84.0 Å². The second-order valence-corrected chi connectivity index (χ2v) is 7.99. The Labute approximate surface area is 151 Å². The molecule has 0 amide bonds. The van der Waals surface area contributed by atoms with Crippen LogP contribution in [0.4, 0.5) is 0 Å². The zero-order chi connectivity index (χ0) is 18.1. The van der Waals surface area contributed by atoms with Crippen molar-refractivity contribution in [1.82, 2.24) is 0 Å². The maximum Gasteiger partial charge on any atom is 0.361 e. The van der Waals surface area contributed by atoms with Gasteiger partial charge in [-0.05, 0) is 12.8 Å². The fourth-order valence-electron chi connectivity index (χ4n) is 3.23. The van der Waals surface area contributed by atoms with Crippen molar-refractivity contribution in [2.24, 2.45) is 0 Å². The molecule has 0 aromatic carbocycles. The molecule has 0 aromatic heterocycles. The fraction of sp³-hybridized carbons (Fsp3) is 0.952. The predicted molar refractivity (Wildman–Crippen MR) is 104 cm³/mol. The summed E-state index contributed by atoms with van der Waals surface area (Å²) in [5.74, 6) is -0.106. The molecule has 0 saturated heterocycles. The molecule has 0 atom stereocenters. The van der Waals surface area contributed by atoms with E-state index in [1.807, 2.05) is 0 Å². The first-order valence-electron chi connectivity index (χ1n) is 10.4. The number of rotatable bonds is 17. The minimum Gasteiger partial charge on any atom is -0.465 e. The molecule has 0 N–H and O–H groups in total. The minimum absolute atomic E-state index is 0.106. The normalized spacial score (nSPS) is 11.7. The average molecular weight is 343 g/mol. The van der Waals surface area contributed by atoms with Gasteiger partial charge >= 0.3 is 5.97 Å². The summed E-state index contributed by atoms with van der Waals surface area (Å²) in [5.41, 5.74) is 0. The smallest absolute Gasteiger partial charge is 0.361 e. The standard InChI is InChI=1S/C21H44NO2/c1-5-6-7-8-9-10-11-12-13-14-15-16-17-18-19-22(2,3)20-21(23)24-4/h5-20H2,1-4H3/q+1. The molecule has 0 aromatic rings. The highest BCUT2D eigenvalue weighted by atomic mass is 16.5. The van der Waals surface area contributed by atoms with Gasteiger partial charge in [-0.15, -0.1) is 0 Å². The molecule has 24 heavy (non-hydrogen) atoms. The quantitative estimate of drug-likeness (QED) is 0.192. The van der Waals surface area contributed by atoms with Crippen molar-refractivity contribution < 1.29 is 14.0 Å². The van der Waals surface area contributed by atoms with E-state index in [0.29, 0.717) is 6.54 Å². The first-order chi connectivity index (χ1) is 11.5. The summed E-state index contributed by atoms with van der Waals surface area (Å²) in [6.07, 6.45) is 19.4. The van der Waals surface area contributed by atoms with Crippen molar-refractivity contribution in [3.63, 3.8) is 0 Å². The van der Waals surface area contributed by atoms with Gasteiger partial charge in [0, 0.05) is 0 Å². The van der Waals surface area contributed by atoms with E-state index in [-0.39, 0.29) is 5.97 Å². The summed E-state index contributed by atoms with van der Waals surface area (Å²) < 4.78 is 5.50. The molecule has 0 aliphatic heterocycles. The van der Waals surface area contributed by atoms with E-state index in [1.165, 1.54) is 97.0 Å². The molecule has 0 fully saturated rings. The lowest BCUT2D eigenvalue weighted by Crippen LogP contribution is -2.44. The van der Waals surface area contributed by atoms with Crippen molar-refractivity contribution in [1.29, 1.82) is 0 Å². The van der Waals surface area contributed by atoms with E-state index in [1.54, 1.807) is 0 Å². The highest BCUT2D eigenvalue weighted by Crippen LogP contribution is 2.13. The van der Waals surface area contributed by atoms with Crippen molar-refractivity contribution >= 4 is 5.97 Å². The van der Waals surface area contributed by atoms with Gasteiger partial charge in [-0.2, -0.15) is 0 Å². The number of quaternary nitrogens is 1. The number of unbranched alkanes of at least 4 members (excludes halogenated alkanes) is 13. The van der Waals surface area contributed by atoms with E-state index in [2.05, 4.69) is 21.0 Å². The third kappa shape index (κ3) is 16.3. The predicted octanol–water partition coefficient (Wildman–Crippen LogP) is 5.72. The lowest BCUT2D eigenvalue weighted by atomic mass is 10.0. The molecule has 0 aliphatic carbocycles. The van der Waals surface area contributed by atoms with Crippen LogP contribution in [0.3, 0.4) is 0 Å². The Morgan fingerprint density at radius 2 is 1.08 bits per heavy atom. The van der Waals surface area contributed by atoms with Gasteiger partial charge in [0.15, 0.2) is 6.54 Å². The number of hydrogen-bond acceptors (Lipinski definition) is 2. The van der Waals surface area contributed by atoms with Crippen LogP contribution in [0.2, 0.25) is 0 Å². The van der Waals surface area contributed by atoms with Crippen LogP contribution < -0.4 is 0 Å². The lowest BCUT2D eigenvalue weighted by Gasteiger charge is -2.28. The number of likely N-dealkylation sites (N-methyl/N-ethyl adjacent to an activating group) is 1. The average Bonchev–Trinajstić information content (AvgIpc) is 2.54. The third-order valence-corrected chi connectivity index (χ3v) is 4.90. The summed E-state index contributed by atoms with van der Waals surface area (Å²) in [6, 6.07) is 0. The second-order valence-electron chi connectivity index (χ2n) is 7.99. The minimum atomic E-state index is -0.106. The lowest BCUT2D eigenvalue weighted by molar-refractivity contribution is -0.883. The van der Waals surface area contributed by atoms with Crippen molar-refractivity contribution in [3.05, 3.63) is 0 Å². The number of carbonyl (C=O) groups is 1. The molecule has 3 heteroatoms. The zero-order valence-corrected chi connectivity index (χ0v) is 17.1. The fourth-order valence-corrected chi connectivity index (χ4v) is 3.23. The largest absolute Gasteiger partial charge is 0.465 e. The highest BCUT2D eigenvalue weighted by molar-refractivity contribution is 5.70. The van der Waals surface area contributed by atoms with Crippen molar-refractivity contribution in [3.8, 4) is 0 Å². The Morgan fingerprint density at radius 1 is 0.708 bits per heavy atom. The van der Waals surface area contributed by atoms with Crippen molar-refractivity contribution in [2.45, 2.75) is 96.8 Å². The molecule has 0 heterocycles. The number of esters is 1. The molecule has 0 aliphatic rings. The number of nitrogens with zero attached hydrogens (tertiary/aromatic N) is 1. The van der Waals surface area contributed by atoms with E-state index in [9.17, 15) is 4.79 Å². The molecule has 0 radical (unpaired) electrons. The first-order valence-corrected chi connectivity index (χ1v) is 10.4. The number of ether oxygens (including phenoxy) is 1. The van der Waals surface area contributed by atoms with Gasteiger partial charge in [-0.25, -0.2) is 4.79 Å². The van der Waals surface area contributed by atoms with Crippen LogP contribution in [0, 0.1) is 0 Å². The molecule has 0 saturated carbocycles. The molecule has 0 bridgehead atoms. The van der Waals surface area contributed by atoms with Crippen molar-refractivity contribution in [2.75, 3.05) is 34.3 Å². The Balaban J connectivity index is 3.26. The molecule has 144 valence electrons. The van der Waals surface area contributed by atoms with Crippen LogP contribution in [0.1, 0.15) is 96.8 Å². The van der Waals surface area contributed by atoms with Crippen LogP contribution in [0.25, 0.3) is 0 Å². The van der Waals surface area contributed by atoms with E-state index in [0.717, 1.165) is 11.0 Å². The number of methoxy groups -OCH3 is 1. The Kier molecular flexibility index (Phi) is 15.6. The summed E-state index contributed by atoms with van der Waals surface area (Å²) in [4.78, 5) is 11.3. The number of carbonyl (C=O) groups excluding carboxylic acids is 1. The third-order valence-electron chi connectivity index (χ3n) is 4.90. The Hall–Kier alpha value is -0.570. The van der Waals surface area contributed by atoms with Gasteiger partial charge in [0.05, 0.1) is 27.7 Å². The monoisotopic (exact) mass is 342 g/mol. The van der Waals surface area contributed by atoms with Gasteiger partial charge in [0.2, 0.25) is 0 Å². The highest BCUT2D eigenvalue weighted by Gasteiger charge is 2.19. The van der Waals surface area contributed by atoms with Gasteiger partial charge < -0.3 is 9.22 Å². The van der Waals surface area contributed by atoms with Gasteiger partial charge in [0.25, 0.3) is 0 Å². The van der Waals surface area contributed by atoms with E-state index < -0.39 is 0 Å². The van der Waals surface area contributed by atoms with Gasteiger partial charge in [0.1, 0.15) is 0 Å². The Morgan fingerprint density at radius 3 is 1.46 bits per heavy atom. The number of hydrogen-bond donors (Lipinski definition) is 0. The molecule has 3 nitrogen and oxygen atoms in total. The summed E-state index contributed by atoms with van der Waals surface area (Å²) in [7, 11) is 5.69. The van der Waals surface area contributed by atoms with Crippen LogP contribution in [0.15, 0.2) is 0 Å². The molecule has 0 unspecified atom stereocenters. The summed E-state index contributed by atoms with van der Waals surface area (Å²) in [5, 5.41) is 0. The van der Waals surface area contributed by atoms with Crippen LogP contribution in [-0.4, -0.2) is 44.7 Å². The molecule has 0 spiro atoms. The van der Waals surface area contributed by atoms with Crippen LogP contribution in [0.5, 0.6) is 0 Å².